The molecule has 3 nitrogen and oxygen atoms in total. The Morgan fingerprint density at radius 1 is 1.44 bits per heavy atom. The van der Waals surface area contributed by atoms with E-state index in [4.69, 9.17) is 0 Å². The molecule has 1 amide bonds. The predicted octanol–water partition coefficient (Wildman–Crippen LogP) is 2.39. The van der Waals surface area contributed by atoms with Gasteiger partial charge in [-0.15, -0.1) is 0 Å². The van der Waals surface area contributed by atoms with Crippen LogP contribution in [-0.4, -0.2) is 16.9 Å². The highest BCUT2D eigenvalue weighted by Crippen LogP contribution is 2.23. The summed E-state index contributed by atoms with van der Waals surface area (Å²) in [5.74, 6) is 0.598. The molecule has 1 aliphatic rings. The van der Waals surface area contributed by atoms with Gasteiger partial charge < -0.3 is 5.32 Å². The maximum absolute atomic E-state index is 11.9. The van der Waals surface area contributed by atoms with Gasteiger partial charge in [0, 0.05) is 18.4 Å². The van der Waals surface area contributed by atoms with Crippen LogP contribution in [0.3, 0.4) is 0 Å². The molecule has 1 aromatic heterocycles. The van der Waals surface area contributed by atoms with Crippen LogP contribution in [0.1, 0.15) is 43.0 Å². The van der Waals surface area contributed by atoms with Gasteiger partial charge in [-0.05, 0) is 30.9 Å². The number of amides is 1. The Morgan fingerprint density at radius 3 is 2.94 bits per heavy atom. The zero-order valence-corrected chi connectivity index (χ0v) is 9.65. The van der Waals surface area contributed by atoms with Crippen LogP contribution in [0.2, 0.25) is 0 Å². The molecule has 16 heavy (non-hydrogen) atoms. The Labute approximate surface area is 96.3 Å². The first-order valence-corrected chi connectivity index (χ1v) is 5.98. The van der Waals surface area contributed by atoms with Gasteiger partial charge in [-0.2, -0.15) is 0 Å². The van der Waals surface area contributed by atoms with E-state index in [1.54, 1.807) is 24.5 Å². The minimum atomic E-state index is 0.00634. The number of rotatable bonds is 2. The molecule has 0 saturated heterocycles. The monoisotopic (exact) mass is 218 g/mol. The van der Waals surface area contributed by atoms with Crippen molar-refractivity contribution in [2.24, 2.45) is 5.92 Å². The molecule has 1 aliphatic carbocycles. The van der Waals surface area contributed by atoms with E-state index in [2.05, 4.69) is 17.2 Å². The van der Waals surface area contributed by atoms with Crippen molar-refractivity contribution in [2.75, 3.05) is 0 Å². The molecule has 2 atom stereocenters. The molecule has 3 heteroatoms. The quantitative estimate of drug-likeness (QED) is 0.828. The first-order valence-electron chi connectivity index (χ1n) is 5.98. The molecule has 2 rings (SSSR count). The van der Waals surface area contributed by atoms with Crippen molar-refractivity contribution in [1.82, 2.24) is 10.3 Å². The summed E-state index contributed by atoms with van der Waals surface area (Å²) in [5.41, 5.74) is 0.653. The van der Waals surface area contributed by atoms with E-state index >= 15 is 0 Å². The standard InChI is InChI=1S/C13H18N2O/c1-10-5-2-3-7-12(10)15-13(16)11-6-4-8-14-9-11/h4,6,8-10,12H,2-3,5,7H2,1H3,(H,15,16). The highest BCUT2D eigenvalue weighted by Gasteiger charge is 2.23. The lowest BCUT2D eigenvalue weighted by atomic mass is 9.86. The van der Waals surface area contributed by atoms with Crippen LogP contribution in [0.5, 0.6) is 0 Å². The molecule has 0 aliphatic heterocycles. The molecule has 0 radical (unpaired) electrons. The summed E-state index contributed by atoms with van der Waals surface area (Å²) in [6.45, 7) is 2.22. The molecule has 1 aromatic rings. The van der Waals surface area contributed by atoms with Crippen molar-refractivity contribution < 1.29 is 4.79 Å². The van der Waals surface area contributed by atoms with E-state index in [1.165, 1.54) is 19.3 Å². The van der Waals surface area contributed by atoms with Gasteiger partial charge in [0.15, 0.2) is 0 Å². The van der Waals surface area contributed by atoms with Gasteiger partial charge in [0.25, 0.3) is 5.91 Å². The van der Waals surface area contributed by atoms with E-state index in [9.17, 15) is 4.79 Å². The fraction of sp³-hybridized carbons (Fsp3) is 0.538. The third-order valence-corrected chi connectivity index (χ3v) is 3.35. The predicted molar refractivity (Wildman–Crippen MR) is 63.1 cm³/mol. The Bertz CT molecular complexity index is 350. The zero-order chi connectivity index (χ0) is 11.4. The van der Waals surface area contributed by atoms with Gasteiger partial charge in [-0.25, -0.2) is 0 Å². The average molecular weight is 218 g/mol. The first-order chi connectivity index (χ1) is 7.77. The van der Waals surface area contributed by atoms with E-state index in [-0.39, 0.29) is 5.91 Å². The van der Waals surface area contributed by atoms with Crippen LogP contribution in [-0.2, 0) is 0 Å². The molecule has 2 unspecified atom stereocenters. The Morgan fingerprint density at radius 2 is 2.25 bits per heavy atom. The summed E-state index contributed by atoms with van der Waals surface area (Å²) in [4.78, 5) is 15.9. The minimum Gasteiger partial charge on any atom is -0.349 e. The van der Waals surface area contributed by atoms with Gasteiger partial charge in [0.1, 0.15) is 0 Å². The second kappa shape index (κ2) is 5.10. The molecule has 86 valence electrons. The van der Waals surface area contributed by atoms with Gasteiger partial charge in [0.2, 0.25) is 0 Å². The molecule has 0 aromatic carbocycles. The summed E-state index contributed by atoms with van der Waals surface area (Å²) in [5, 5.41) is 3.11. The number of hydrogen-bond acceptors (Lipinski definition) is 2. The minimum absolute atomic E-state index is 0.00634. The second-order valence-corrected chi connectivity index (χ2v) is 4.58. The summed E-state index contributed by atoms with van der Waals surface area (Å²) >= 11 is 0. The first kappa shape index (κ1) is 11.1. The lowest BCUT2D eigenvalue weighted by Gasteiger charge is -2.29. The van der Waals surface area contributed by atoms with Crippen LogP contribution in [0.25, 0.3) is 0 Å². The number of aromatic nitrogens is 1. The van der Waals surface area contributed by atoms with Crippen LogP contribution in [0, 0.1) is 5.92 Å². The molecule has 1 fully saturated rings. The van der Waals surface area contributed by atoms with Gasteiger partial charge >= 0.3 is 0 Å². The summed E-state index contributed by atoms with van der Waals surface area (Å²) in [6.07, 6.45) is 8.14. The number of carbonyl (C=O) groups excluding carboxylic acids is 1. The van der Waals surface area contributed by atoms with Crippen molar-refractivity contribution in [1.29, 1.82) is 0 Å². The molecular formula is C13H18N2O. The van der Waals surface area contributed by atoms with E-state index < -0.39 is 0 Å². The Balaban J connectivity index is 1.96. The number of nitrogens with one attached hydrogen (secondary N) is 1. The fourth-order valence-corrected chi connectivity index (χ4v) is 2.28. The third kappa shape index (κ3) is 2.60. The van der Waals surface area contributed by atoms with Crippen molar-refractivity contribution in [3.8, 4) is 0 Å². The summed E-state index contributed by atoms with van der Waals surface area (Å²) in [6, 6.07) is 3.93. The van der Waals surface area contributed by atoms with E-state index in [1.807, 2.05) is 0 Å². The van der Waals surface area contributed by atoms with Crippen LogP contribution in [0.4, 0.5) is 0 Å². The van der Waals surface area contributed by atoms with Gasteiger partial charge in [-0.1, -0.05) is 19.8 Å². The number of hydrogen-bond donors (Lipinski definition) is 1. The van der Waals surface area contributed by atoms with Crippen molar-refractivity contribution in [3.05, 3.63) is 30.1 Å². The van der Waals surface area contributed by atoms with Crippen molar-refractivity contribution in [3.63, 3.8) is 0 Å². The molecule has 1 N–H and O–H groups in total. The van der Waals surface area contributed by atoms with Gasteiger partial charge in [-0.3, -0.25) is 9.78 Å². The highest BCUT2D eigenvalue weighted by molar-refractivity contribution is 5.94. The average Bonchev–Trinajstić information content (AvgIpc) is 2.33. The van der Waals surface area contributed by atoms with Crippen molar-refractivity contribution in [2.45, 2.75) is 38.6 Å². The molecule has 0 bridgehead atoms. The smallest absolute Gasteiger partial charge is 0.253 e. The molecule has 1 saturated carbocycles. The molecule has 1 heterocycles. The topological polar surface area (TPSA) is 42.0 Å². The van der Waals surface area contributed by atoms with Gasteiger partial charge in [0.05, 0.1) is 5.56 Å². The number of nitrogens with zero attached hydrogens (tertiary/aromatic N) is 1. The summed E-state index contributed by atoms with van der Waals surface area (Å²) in [7, 11) is 0. The van der Waals surface area contributed by atoms with Crippen LogP contribution >= 0.6 is 0 Å². The lowest BCUT2D eigenvalue weighted by molar-refractivity contribution is 0.0910. The zero-order valence-electron chi connectivity index (χ0n) is 9.65. The number of carbonyl (C=O) groups is 1. The maximum Gasteiger partial charge on any atom is 0.253 e. The Hall–Kier alpha value is -1.38. The van der Waals surface area contributed by atoms with E-state index in [0.29, 0.717) is 17.5 Å². The number of pyridine rings is 1. The fourth-order valence-electron chi connectivity index (χ4n) is 2.28. The van der Waals surface area contributed by atoms with Crippen molar-refractivity contribution >= 4 is 5.91 Å². The normalized spacial score (nSPS) is 25.1. The molecule has 0 spiro atoms. The SMILES string of the molecule is CC1CCCCC1NC(=O)c1cccnc1. The third-order valence-electron chi connectivity index (χ3n) is 3.35. The van der Waals surface area contributed by atoms with Crippen LogP contribution < -0.4 is 5.32 Å². The van der Waals surface area contributed by atoms with E-state index in [0.717, 1.165) is 6.42 Å². The molecular weight excluding hydrogens is 200 g/mol. The van der Waals surface area contributed by atoms with Crippen LogP contribution in [0.15, 0.2) is 24.5 Å². The second-order valence-electron chi connectivity index (χ2n) is 4.58. The largest absolute Gasteiger partial charge is 0.349 e. The lowest BCUT2D eigenvalue weighted by Crippen LogP contribution is -2.41. The maximum atomic E-state index is 11.9. The highest BCUT2D eigenvalue weighted by atomic mass is 16.1. The Kier molecular flexibility index (Phi) is 3.54. The summed E-state index contributed by atoms with van der Waals surface area (Å²) < 4.78 is 0.